The number of rotatable bonds is 18. The third kappa shape index (κ3) is 14.2. The number of hydrogen-bond donors (Lipinski definition) is 5. The molecule has 13 nitrogen and oxygen atoms in total. The van der Waals surface area contributed by atoms with E-state index in [9.17, 15) is 33.3 Å². The van der Waals surface area contributed by atoms with E-state index in [1.54, 1.807) is 67.6 Å². The maximum absolute atomic E-state index is 13.6. The first-order valence-corrected chi connectivity index (χ1v) is 17.4. The van der Waals surface area contributed by atoms with Crippen LogP contribution in [0, 0.1) is 0 Å². The molecule has 1 unspecified atom stereocenters. The molecule has 0 fully saturated rings. The maximum atomic E-state index is 13.6. The Morgan fingerprint density at radius 1 is 0.714 bits per heavy atom. The predicted molar refractivity (Wildman–Crippen MR) is 183 cm³/mol. The molecule has 14 heteroatoms. The fraction of sp³-hybridized carbons (Fsp3) is 0.343. The summed E-state index contributed by atoms with van der Waals surface area (Å²) in [6, 6.07) is 20.6. The minimum absolute atomic E-state index is 0.0142. The maximum Gasteiger partial charge on any atom is 0.408 e. The number of esters is 1. The molecule has 0 aliphatic heterocycles. The van der Waals surface area contributed by atoms with Gasteiger partial charge in [-0.2, -0.15) is 0 Å². The molecule has 4 amide bonds. The molecule has 0 radical (unpaired) electrons. The zero-order chi connectivity index (χ0) is 35.6. The highest BCUT2D eigenvalue weighted by molar-refractivity contribution is 7.84. The summed E-state index contributed by atoms with van der Waals surface area (Å²) in [5.41, 5.74) is 2.12. The van der Waals surface area contributed by atoms with Crippen molar-refractivity contribution in [1.29, 1.82) is 0 Å². The Morgan fingerprint density at radius 2 is 1.31 bits per heavy atom. The molecule has 49 heavy (non-hydrogen) atoms. The van der Waals surface area contributed by atoms with Gasteiger partial charge in [0.05, 0.1) is 13.2 Å². The van der Waals surface area contributed by atoms with Gasteiger partial charge in [-0.3, -0.25) is 18.6 Å². The summed E-state index contributed by atoms with van der Waals surface area (Å²) in [6.45, 7) is 1.20. The van der Waals surface area contributed by atoms with Gasteiger partial charge < -0.3 is 35.8 Å². The standard InChI is InChI=1S/C35H42N4O9S/c1-3-47-34(44)30(21-24-10-6-4-7-11-24)37-31(41)22-36-32(42)28(18-19-49(2)46)38-33(43)29(20-25-14-16-27(40)17-15-25)39-35(45)48-23-26-12-8-5-9-13-26/h4-17,28-30,40H,3,18-23H2,1-2H3,(H,36,42)(H,37,41)(H,38,43)(H,39,45)/t28-,29+,30+,49?/m1/s1. The van der Waals surface area contributed by atoms with E-state index in [1.165, 1.54) is 18.4 Å². The molecule has 4 atom stereocenters. The zero-order valence-electron chi connectivity index (χ0n) is 27.4. The quantitative estimate of drug-likeness (QED) is 0.124. The Bertz CT molecular complexity index is 1560. The lowest BCUT2D eigenvalue weighted by Crippen LogP contribution is -2.55. The van der Waals surface area contributed by atoms with Crippen molar-refractivity contribution in [1.82, 2.24) is 21.3 Å². The molecule has 0 saturated carbocycles. The Balaban J connectivity index is 1.68. The molecule has 3 rings (SSSR count). The molecule has 3 aromatic rings. The van der Waals surface area contributed by atoms with Crippen LogP contribution in [0.1, 0.15) is 30.0 Å². The summed E-state index contributed by atoms with van der Waals surface area (Å²) in [5, 5.41) is 19.9. The van der Waals surface area contributed by atoms with Crippen molar-refractivity contribution in [2.24, 2.45) is 0 Å². The normalized spacial score (nSPS) is 13.1. The van der Waals surface area contributed by atoms with Crippen molar-refractivity contribution in [3.63, 3.8) is 0 Å². The number of alkyl carbamates (subject to hydrolysis) is 1. The SMILES string of the molecule is CCOC(=O)[C@H](Cc1ccccc1)NC(=O)CNC(=O)[C@@H](CCS(C)=O)NC(=O)[C@H](Cc1ccc(O)cc1)NC(=O)OCc1ccccc1. The lowest BCUT2D eigenvalue weighted by molar-refractivity contribution is -0.147. The van der Waals surface area contributed by atoms with Crippen LogP contribution in [0.2, 0.25) is 0 Å². The zero-order valence-corrected chi connectivity index (χ0v) is 28.2. The molecular formula is C35H42N4O9S. The van der Waals surface area contributed by atoms with Crippen molar-refractivity contribution >= 4 is 40.6 Å². The van der Waals surface area contributed by atoms with E-state index in [1.807, 2.05) is 12.1 Å². The predicted octanol–water partition coefficient (Wildman–Crippen LogP) is 1.89. The molecular weight excluding hydrogens is 652 g/mol. The Morgan fingerprint density at radius 3 is 1.92 bits per heavy atom. The number of carbonyl (C=O) groups is 5. The summed E-state index contributed by atoms with van der Waals surface area (Å²) in [6.07, 6.45) is 0.696. The van der Waals surface area contributed by atoms with E-state index >= 15 is 0 Å². The Kier molecular flexibility index (Phi) is 15.8. The van der Waals surface area contributed by atoms with Gasteiger partial charge >= 0.3 is 12.1 Å². The van der Waals surface area contributed by atoms with Crippen LogP contribution in [-0.4, -0.2) is 82.4 Å². The third-order valence-corrected chi connectivity index (χ3v) is 7.95. The molecule has 5 N–H and O–H groups in total. The van der Waals surface area contributed by atoms with E-state index in [0.717, 1.165) is 11.1 Å². The Labute approximate surface area is 287 Å². The highest BCUT2D eigenvalue weighted by Crippen LogP contribution is 2.12. The van der Waals surface area contributed by atoms with E-state index < -0.39 is 65.3 Å². The molecule has 0 spiro atoms. The first kappa shape index (κ1) is 38.2. The number of aromatic hydroxyl groups is 1. The molecule has 3 aromatic carbocycles. The van der Waals surface area contributed by atoms with Crippen LogP contribution < -0.4 is 21.3 Å². The number of ether oxygens (including phenoxy) is 2. The van der Waals surface area contributed by atoms with Gasteiger partial charge in [0.15, 0.2) is 0 Å². The van der Waals surface area contributed by atoms with Crippen LogP contribution in [0.4, 0.5) is 4.79 Å². The van der Waals surface area contributed by atoms with E-state index in [-0.39, 0.29) is 44.0 Å². The number of nitrogens with one attached hydrogen (secondary N) is 4. The van der Waals surface area contributed by atoms with Crippen LogP contribution in [0.15, 0.2) is 84.9 Å². The van der Waals surface area contributed by atoms with Crippen LogP contribution in [0.25, 0.3) is 0 Å². The van der Waals surface area contributed by atoms with Gasteiger partial charge in [0.25, 0.3) is 0 Å². The monoisotopic (exact) mass is 694 g/mol. The van der Waals surface area contributed by atoms with Gasteiger partial charge in [0.1, 0.15) is 30.5 Å². The summed E-state index contributed by atoms with van der Waals surface area (Å²) in [5.74, 6) is -2.69. The van der Waals surface area contributed by atoms with Crippen LogP contribution >= 0.6 is 0 Å². The minimum atomic E-state index is -1.31. The molecule has 0 saturated heterocycles. The number of phenols is 1. The molecule has 262 valence electrons. The average molecular weight is 695 g/mol. The van der Waals surface area contributed by atoms with E-state index in [0.29, 0.717) is 5.56 Å². The van der Waals surface area contributed by atoms with Gasteiger partial charge in [-0.05, 0) is 42.2 Å². The van der Waals surface area contributed by atoms with Crippen molar-refractivity contribution in [2.45, 2.75) is 50.9 Å². The molecule has 0 aliphatic carbocycles. The molecule has 0 bridgehead atoms. The van der Waals surface area contributed by atoms with Gasteiger partial charge in [0, 0.05) is 35.6 Å². The highest BCUT2D eigenvalue weighted by Gasteiger charge is 2.29. The lowest BCUT2D eigenvalue weighted by atomic mass is 10.0. The Hall–Kier alpha value is -5.24. The second-order valence-electron chi connectivity index (χ2n) is 11.0. The number of hydrogen-bond acceptors (Lipinski definition) is 9. The van der Waals surface area contributed by atoms with Crippen LogP contribution in [0.5, 0.6) is 5.75 Å². The van der Waals surface area contributed by atoms with Gasteiger partial charge in [-0.1, -0.05) is 72.8 Å². The number of amides is 4. The average Bonchev–Trinajstić information content (AvgIpc) is 3.09. The summed E-state index contributed by atoms with van der Waals surface area (Å²) in [4.78, 5) is 65.0. The summed E-state index contributed by atoms with van der Waals surface area (Å²) in [7, 11) is -1.31. The summed E-state index contributed by atoms with van der Waals surface area (Å²) >= 11 is 0. The molecule has 0 heterocycles. The highest BCUT2D eigenvalue weighted by atomic mass is 32.2. The second-order valence-corrected chi connectivity index (χ2v) is 12.6. The van der Waals surface area contributed by atoms with Crippen molar-refractivity contribution in [3.8, 4) is 5.75 Å². The van der Waals surface area contributed by atoms with Crippen molar-refractivity contribution in [3.05, 3.63) is 102 Å². The molecule has 0 aliphatic rings. The fourth-order valence-electron chi connectivity index (χ4n) is 4.63. The van der Waals surface area contributed by atoms with E-state index in [2.05, 4.69) is 21.3 Å². The largest absolute Gasteiger partial charge is 0.508 e. The van der Waals surface area contributed by atoms with Gasteiger partial charge in [-0.15, -0.1) is 0 Å². The van der Waals surface area contributed by atoms with Crippen LogP contribution in [-0.2, 0) is 58.9 Å². The number of benzene rings is 3. The second kappa shape index (κ2) is 20.2. The van der Waals surface area contributed by atoms with E-state index in [4.69, 9.17) is 9.47 Å². The van der Waals surface area contributed by atoms with Crippen molar-refractivity contribution < 1.29 is 42.8 Å². The third-order valence-electron chi connectivity index (χ3n) is 7.14. The topological polar surface area (TPSA) is 189 Å². The molecule has 0 aromatic heterocycles. The van der Waals surface area contributed by atoms with Gasteiger partial charge in [0.2, 0.25) is 17.7 Å². The first-order valence-electron chi connectivity index (χ1n) is 15.7. The smallest absolute Gasteiger partial charge is 0.408 e. The van der Waals surface area contributed by atoms with Crippen molar-refractivity contribution in [2.75, 3.05) is 25.2 Å². The van der Waals surface area contributed by atoms with Gasteiger partial charge in [-0.25, -0.2) is 9.59 Å². The summed E-state index contributed by atoms with van der Waals surface area (Å²) < 4.78 is 22.3. The minimum Gasteiger partial charge on any atom is -0.508 e. The first-order chi connectivity index (χ1) is 23.5. The lowest BCUT2D eigenvalue weighted by Gasteiger charge is -2.23. The number of phenolic OH excluding ortho intramolecular Hbond substituents is 1. The number of carbonyl (C=O) groups excluding carboxylic acids is 5. The van der Waals surface area contributed by atoms with Crippen LogP contribution in [0.3, 0.4) is 0 Å². The fourth-order valence-corrected chi connectivity index (χ4v) is 5.20.